The van der Waals surface area contributed by atoms with Crippen LogP contribution in [0.3, 0.4) is 0 Å². The summed E-state index contributed by atoms with van der Waals surface area (Å²) in [4.78, 5) is 14.0. The Bertz CT molecular complexity index is 759. The second-order valence-electron chi connectivity index (χ2n) is 6.05. The van der Waals surface area contributed by atoms with Gasteiger partial charge in [0.1, 0.15) is 17.3 Å². The van der Waals surface area contributed by atoms with Gasteiger partial charge in [-0.2, -0.15) is 0 Å². The Morgan fingerprint density at radius 1 is 1.25 bits per heavy atom. The number of anilines is 2. The fraction of sp³-hybridized carbons (Fsp3) is 0.278. The number of amides is 1. The number of hydrogen-bond donors (Lipinski definition) is 2. The van der Waals surface area contributed by atoms with Gasteiger partial charge in [-0.1, -0.05) is 12.1 Å². The quantitative estimate of drug-likeness (QED) is 0.850. The summed E-state index contributed by atoms with van der Waals surface area (Å²) in [5.41, 5.74) is 7.57. The van der Waals surface area contributed by atoms with Crippen LogP contribution in [0.4, 0.5) is 20.2 Å². The number of carbonyl (C=O) groups is 1. The summed E-state index contributed by atoms with van der Waals surface area (Å²) >= 11 is 0. The van der Waals surface area contributed by atoms with Crippen molar-refractivity contribution in [2.24, 2.45) is 0 Å². The minimum Gasteiger partial charge on any atom is -0.399 e. The monoisotopic (exact) mass is 331 g/mol. The third kappa shape index (κ3) is 3.18. The number of halogens is 2. The average molecular weight is 331 g/mol. The van der Waals surface area contributed by atoms with Crippen LogP contribution in [0.25, 0.3) is 0 Å². The molecule has 2 aromatic rings. The first-order chi connectivity index (χ1) is 11.5. The molecular weight excluding hydrogens is 312 g/mol. The lowest BCUT2D eigenvalue weighted by molar-refractivity contribution is 0.0940. The molecule has 3 N–H and O–H groups in total. The number of nitrogens with one attached hydrogen (secondary N) is 1. The zero-order valence-corrected chi connectivity index (χ0v) is 13.4. The molecule has 1 fully saturated rings. The highest BCUT2D eigenvalue weighted by Gasteiger charge is 2.28. The van der Waals surface area contributed by atoms with Gasteiger partial charge in [-0.15, -0.1) is 0 Å². The van der Waals surface area contributed by atoms with E-state index in [1.807, 2.05) is 6.92 Å². The van der Waals surface area contributed by atoms with Crippen molar-refractivity contribution in [2.75, 3.05) is 23.7 Å². The SMILES string of the molecule is Cc1ccc(N)cc1C(=O)NC1CCN(c2c(F)cccc2F)C1. The molecule has 1 heterocycles. The molecule has 1 aliphatic heterocycles. The lowest BCUT2D eigenvalue weighted by Crippen LogP contribution is -2.37. The van der Waals surface area contributed by atoms with Gasteiger partial charge >= 0.3 is 0 Å². The third-order valence-electron chi connectivity index (χ3n) is 4.28. The number of nitrogens with zero attached hydrogens (tertiary/aromatic N) is 1. The van der Waals surface area contributed by atoms with Gasteiger partial charge in [0, 0.05) is 30.4 Å². The number of hydrogen-bond acceptors (Lipinski definition) is 3. The highest BCUT2D eigenvalue weighted by molar-refractivity contribution is 5.96. The number of benzene rings is 2. The van der Waals surface area contributed by atoms with Crippen molar-refractivity contribution in [3.63, 3.8) is 0 Å². The predicted octanol–water partition coefficient (Wildman–Crippen LogP) is 2.86. The molecule has 1 atom stereocenters. The summed E-state index contributed by atoms with van der Waals surface area (Å²) < 4.78 is 27.7. The minimum absolute atomic E-state index is 0.0330. The van der Waals surface area contributed by atoms with Crippen LogP contribution in [-0.2, 0) is 0 Å². The Balaban J connectivity index is 1.70. The summed E-state index contributed by atoms with van der Waals surface area (Å²) in [5, 5.41) is 2.92. The zero-order valence-electron chi connectivity index (χ0n) is 13.4. The maximum atomic E-state index is 13.9. The smallest absolute Gasteiger partial charge is 0.251 e. The van der Waals surface area contributed by atoms with E-state index in [0.717, 1.165) is 5.56 Å². The van der Waals surface area contributed by atoms with E-state index < -0.39 is 11.6 Å². The van der Waals surface area contributed by atoms with Gasteiger partial charge < -0.3 is 16.0 Å². The van der Waals surface area contributed by atoms with E-state index in [1.54, 1.807) is 23.1 Å². The van der Waals surface area contributed by atoms with Crippen molar-refractivity contribution in [1.82, 2.24) is 5.32 Å². The molecule has 0 aromatic heterocycles. The van der Waals surface area contributed by atoms with Crippen molar-refractivity contribution in [3.8, 4) is 0 Å². The fourth-order valence-electron chi connectivity index (χ4n) is 3.02. The molecule has 0 aliphatic carbocycles. The summed E-state index contributed by atoms with van der Waals surface area (Å²) in [6.45, 7) is 2.69. The zero-order chi connectivity index (χ0) is 17.3. The molecule has 1 saturated heterocycles. The molecule has 126 valence electrons. The highest BCUT2D eigenvalue weighted by atomic mass is 19.1. The van der Waals surface area contributed by atoms with Gasteiger partial charge in [-0.25, -0.2) is 8.78 Å². The van der Waals surface area contributed by atoms with Gasteiger partial charge in [0.05, 0.1) is 0 Å². The van der Waals surface area contributed by atoms with Crippen LogP contribution >= 0.6 is 0 Å². The van der Waals surface area contributed by atoms with Crippen LogP contribution in [0, 0.1) is 18.6 Å². The summed E-state index contributed by atoms with van der Waals surface area (Å²) in [5.74, 6) is -1.40. The molecule has 0 spiro atoms. The molecule has 24 heavy (non-hydrogen) atoms. The van der Waals surface area contributed by atoms with E-state index in [1.165, 1.54) is 18.2 Å². The minimum atomic E-state index is -0.589. The molecule has 0 bridgehead atoms. The lowest BCUT2D eigenvalue weighted by atomic mass is 10.1. The van der Waals surface area contributed by atoms with E-state index in [-0.39, 0.29) is 17.6 Å². The lowest BCUT2D eigenvalue weighted by Gasteiger charge is -2.20. The third-order valence-corrected chi connectivity index (χ3v) is 4.28. The molecule has 3 rings (SSSR count). The van der Waals surface area contributed by atoms with Crippen LogP contribution in [-0.4, -0.2) is 25.0 Å². The molecule has 1 aliphatic rings. The van der Waals surface area contributed by atoms with E-state index in [9.17, 15) is 13.6 Å². The maximum Gasteiger partial charge on any atom is 0.251 e. The van der Waals surface area contributed by atoms with Crippen molar-refractivity contribution in [1.29, 1.82) is 0 Å². The maximum absolute atomic E-state index is 13.9. The first-order valence-corrected chi connectivity index (χ1v) is 7.81. The summed E-state index contributed by atoms with van der Waals surface area (Å²) in [6, 6.07) is 8.81. The predicted molar refractivity (Wildman–Crippen MR) is 90.0 cm³/mol. The van der Waals surface area contributed by atoms with Gasteiger partial charge in [0.25, 0.3) is 5.91 Å². The van der Waals surface area contributed by atoms with Crippen LogP contribution in [0.1, 0.15) is 22.3 Å². The number of rotatable bonds is 3. The molecule has 0 saturated carbocycles. The topological polar surface area (TPSA) is 58.4 Å². The van der Waals surface area contributed by atoms with Crippen LogP contribution in [0.15, 0.2) is 36.4 Å². The number of nitrogens with two attached hydrogens (primary N) is 1. The second kappa shape index (κ2) is 6.47. The van der Waals surface area contributed by atoms with Crippen LogP contribution in [0.5, 0.6) is 0 Å². The molecule has 6 heteroatoms. The second-order valence-corrected chi connectivity index (χ2v) is 6.05. The molecule has 0 radical (unpaired) electrons. The van der Waals surface area contributed by atoms with Crippen molar-refractivity contribution >= 4 is 17.3 Å². The van der Waals surface area contributed by atoms with Gasteiger partial charge in [-0.05, 0) is 43.2 Å². The Morgan fingerprint density at radius 2 is 1.96 bits per heavy atom. The number of carbonyl (C=O) groups excluding carboxylic acids is 1. The molecule has 1 unspecified atom stereocenters. The highest BCUT2D eigenvalue weighted by Crippen LogP contribution is 2.27. The largest absolute Gasteiger partial charge is 0.399 e. The Kier molecular flexibility index (Phi) is 4.38. The first-order valence-electron chi connectivity index (χ1n) is 7.81. The number of nitrogen functional groups attached to an aromatic ring is 1. The first kappa shape index (κ1) is 16.2. The number of para-hydroxylation sites is 1. The molecule has 4 nitrogen and oxygen atoms in total. The molecule has 2 aromatic carbocycles. The standard InChI is InChI=1S/C18H19F2N3O/c1-11-5-6-12(21)9-14(11)18(24)22-13-7-8-23(10-13)17-15(19)3-2-4-16(17)20/h2-6,9,13H,7-8,10,21H2,1H3,(H,22,24). The van der Waals surface area contributed by atoms with Gasteiger partial charge in [0.15, 0.2) is 0 Å². The fourth-order valence-corrected chi connectivity index (χ4v) is 3.02. The Hall–Kier alpha value is -2.63. The Morgan fingerprint density at radius 3 is 2.67 bits per heavy atom. The van der Waals surface area contributed by atoms with Crippen molar-refractivity contribution < 1.29 is 13.6 Å². The van der Waals surface area contributed by atoms with Crippen molar-refractivity contribution in [3.05, 3.63) is 59.2 Å². The van der Waals surface area contributed by atoms with Crippen LogP contribution in [0.2, 0.25) is 0 Å². The van der Waals surface area contributed by atoms with E-state index in [4.69, 9.17) is 5.73 Å². The average Bonchev–Trinajstić information content (AvgIpc) is 2.97. The van der Waals surface area contributed by atoms with Crippen LogP contribution < -0.4 is 16.0 Å². The van der Waals surface area contributed by atoms with Crippen molar-refractivity contribution in [2.45, 2.75) is 19.4 Å². The van der Waals surface area contributed by atoms with E-state index in [2.05, 4.69) is 5.32 Å². The Labute approximate surface area is 139 Å². The van der Waals surface area contributed by atoms with Gasteiger partial charge in [0.2, 0.25) is 0 Å². The van der Waals surface area contributed by atoms with E-state index in [0.29, 0.717) is 30.8 Å². The van der Waals surface area contributed by atoms with E-state index >= 15 is 0 Å². The summed E-state index contributed by atoms with van der Waals surface area (Å²) in [6.07, 6.45) is 0.626. The summed E-state index contributed by atoms with van der Waals surface area (Å²) in [7, 11) is 0. The number of aryl methyl sites for hydroxylation is 1. The molecular formula is C18H19F2N3O. The normalized spacial score (nSPS) is 17.1. The van der Waals surface area contributed by atoms with Gasteiger partial charge in [-0.3, -0.25) is 4.79 Å². The molecule has 1 amide bonds.